The molecule has 6 nitrogen and oxygen atoms in total. The minimum atomic E-state index is -0.0986. The molecule has 2 aromatic carbocycles. The number of ether oxygens (including phenoxy) is 1. The van der Waals surface area contributed by atoms with E-state index in [0.29, 0.717) is 5.65 Å². The van der Waals surface area contributed by atoms with Crippen molar-refractivity contribution in [3.8, 4) is 16.9 Å². The van der Waals surface area contributed by atoms with Crippen LogP contribution in [0.25, 0.3) is 22.2 Å². The fourth-order valence-electron chi connectivity index (χ4n) is 4.22. The largest absolute Gasteiger partial charge is 0.497 e. The van der Waals surface area contributed by atoms with Gasteiger partial charge in [-0.2, -0.15) is 5.10 Å². The first kappa shape index (κ1) is 21.6. The molecule has 0 saturated carbocycles. The molecule has 32 heavy (non-hydrogen) atoms. The van der Waals surface area contributed by atoms with Crippen LogP contribution in [0.5, 0.6) is 5.75 Å². The first-order valence-corrected chi connectivity index (χ1v) is 10.7. The van der Waals surface area contributed by atoms with Gasteiger partial charge in [0.15, 0.2) is 5.65 Å². The van der Waals surface area contributed by atoms with Crippen molar-refractivity contribution in [2.45, 2.75) is 40.3 Å². The molecule has 0 aliphatic carbocycles. The van der Waals surface area contributed by atoms with Gasteiger partial charge in [0.25, 0.3) is 0 Å². The lowest BCUT2D eigenvalue weighted by atomic mass is 10.0. The highest BCUT2D eigenvalue weighted by molar-refractivity contribution is 5.95. The van der Waals surface area contributed by atoms with E-state index >= 15 is 0 Å². The second kappa shape index (κ2) is 8.83. The normalized spacial score (nSPS) is 12.0. The van der Waals surface area contributed by atoms with Crippen LogP contribution >= 0.6 is 0 Å². The van der Waals surface area contributed by atoms with Crippen LogP contribution in [0, 0.1) is 20.8 Å². The second-order valence-electron chi connectivity index (χ2n) is 8.18. The molecule has 4 rings (SSSR count). The standard InChI is InChI=1S/C26H28N4O2/c1-16-6-11-22(17(2)14-16)18(3)28-24(31)15-30-26-25(19(4)29-30)23(12-13-27-26)20-7-9-21(32-5)10-8-20/h6-14,18H,15H2,1-5H3,(H,28,31). The van der Waals surface area contributed by atoms with Crippen molar-refractivity contribution in [1.29, 1.82) is 0 Å². The number of carbonyl (C=O) groups excluding carboxylic acids is 1. The van der Waals surface area contributed by atoms with Gasteiger partial charge < -0.3 is 10.1 Å². The van der Waals surface area contributed by atoms with Gasteiger partial charge in [-0.3, -0.25) is 4.79 Å². The molecule has 1 amide bonds. The Bertz CT molecular complexity index is 1280. The van der Waals surface area contributed by atoms with Crippen molar-refractivity contribution in [1.82, 2.24) is 20.1 Å². The van der Waals surface area contributed by atoms with Crippen molar-refractivity contribution in [2.24, 2.45) is 0 Å². The maximum Gasteiger partial charge on any atom is 0.242 e. The lowest BCUT2D eigenvalue weighted by molar-refractivity contribution is -0.122. The Morgan fingerprint density at radius 1 is 1.09 bits per heavy atom. The highest BCUT2D eigenvalue weighted by atomic mass is 16.5. The smallest absolute Gasteiger partial charge is 0.242 e. The fourth-order valence-corrected chi connectivity index (χ4v) is 4.22. The number of aromatic nitrogens is 3. The predicted molar refractivity (Wildman–Crippen MR) is 127 cm³/mol. The molecule has 0 bridgehead atoms. The first-order valence-electron chi connectivity index (χ1n) is 10.7. The summed E-state index contributed by atoms with van der Waals surface area (Å²) in [5.41, 5.74) is 7.12. The summed E-state index contributed by atoms with van der Waals surface area (Å²) in [6, 6.07) is 16.1. The fraction of sp³-hybridized carbons (Fsp3) is 0.269. The van der Waals surface area contributed by atoms with Crippen LogP contribution in [0.4, 0.5) is 0 Å². The summed E-state index contributed by atoms with van der Waals surface area (Å²) in [4.78, 5) is 17.4. The molecule has 4 aromatic rings. The lowest BCUT2D eigenvalue weighted by Gasteiger charge is -2.17. The average Bonchev–Trinajstić information content (AvgIpc) is 3.09. The summed E-state index contributed by atoms with van der Waals surface area (Å²) >= 11 is 0. The van der Waals surface area contributed by atoms with Crippen LogP contribution in [0.3, 0.4) is 0 Å². The summed E-state index contributed by atoms with van der Waals surface area (Å²) in [7, 11) is 1.65. The number of aryl methyl sites for hydroxylation is 3. The summed E-state index contributed by atoms with van der Waals surface area (Å²) in [6.45, 7) is 8.20. The number of hydrogen-bond acceptors (Lipinski definition) is 4. The Hall–Kier alpha value is -3.67. The number of nitrogens with zero attached hydrogens (tertiary/aromatic N) is 3. The summed E-state index contributed by atoms with van der Waals surface area (Å²) in [5.74, 6) is 0.708. The topological polar surface area (TPSA) is 69.0 Å². The minimum Gasteiger partial charge on any atom is -0.497 e. The third kappa shape index (κ3) is 4.21. The second-order valence-corrected chi connectivity index (χ2v) is 8.18. The summed E-state index contributed by atoms with van der Waals surface area (Å²) < 4.78 is 6.95. The van der Waals surface area contributed by atoms with Crippen molar-refractivity contribution in [3.05, 3.63) is 77.1 Å². The zero-order chi connectivity index (χ0) is 22.8. The van der Waals surface area contributed by atoms with E-state index in [4.69, 9.17) is 4.74 Å². The molecule has 0 spiro atoms. The Kier molecular flexibility index (Phi) is 5.95. The molecular weight excluding hydrogens is 400 g/mol. The summed E-state index contributed by atoms with van der Waals surface area (Å²) in [5, 5.41) is 8.68. The first-order chi connectivity index (χ1) is 15.4. The monoisotopic (exact) mass is 428 g/mol. The Morgan fingerprint density at radius 2 is 1.84 bits per heavy atom. The third-order valence-corrected chi connectivity index (χ3v) is 5.77. The maximum atomic E-state index is 12.8. The van der Waals surface area contributed by atoms with Crippen LogP contribution in [-0.4, -0.2) is 27.8 Å². The maximum absolute atomic E-state index is 12.8. The molecule has 6 heteroatoms. The zero-order valence-corrected chi connectivity index (χ0v) is 19.1. The number of hydrogen-bond donors (Lipinski definition) is 1. The number of rotatable bonds is 6. The van der Waals surface area contributed by atoms with E-state index in [0.717, 1.165) is 33.5 Å². The molecule has 164 valence electrons. The molecule has 0 aliphatic heterocycles. The van der Waals surface area contributed by atoms with Gasteiger partial charge in [-0.1, -0.05) is 35.9 Å². The predicted octanol–water partition coefficient (Wildman–Crippen LogP) is 4.91. The van der Waals surface area contributed by atoms with Gasteiger partial charge >= 0.3 is 0 Å². The van der Waals surface area contributed by atoms with Crippen LogP contribution in [0.15, 0.2) is 54.7 Å². The van der Waals surface area contributed by atoms with E-state index in [2.05, 4.69) is 47.4 Å². The molecule has 2 aromatic heterocycles. The van der Waals surface area contributed by atoms with Crippen LogP contribution in [0.1, 0.15) is 35.3 Å². The van der Waals surface area contributed by atoms with Gasteiger partial charge in [-0.25, -0.2) is 9.67 Å². The van der Waals surface area contributed by atoms with Gasteiger partial charge in [-0.05, 0) is 68.1 Å². The number of nitrogens with one attached hydrogen (secondary N) is 1. The minimum absolute atomic E-state index is 0.0890. The van der Waals surface area contributed by atoms with Crippen molar-refractivity contribution in [3.63, 3.8) is 0 Å². The van der Waals surface area contributed by atoms with Gasteiger partial charge in [-0.15, -0.1) is 0 Å². The van der Waals surface area contributed by atoms with Crippen molar-refractivity contribution < 1.29 is 9.53 Å². The van der Waals surface area contributed by atoms with Crippen LogP contribution in [0.2, 0.25) is 0 Å². The quantitative estimate of drug-likeness (QED) is 0.474. The highest BCUT2D eigenvalue weighted by Gasteiger charge is 2.18. The molecule has 0 radical (unpaired) electrons. The van der Waals surface area contributed by atoms with Gasteiger partial charge in [0.1, 0.15) is 12.3 Å². The van der Waals surface area contributed by atoms with E-state index in [-0.39, 0.29) is 18.5 Å². The van der Waals surface area contributed by atoms with Gasteiger partial charge in [0, 0.05) is 11.6 Å². The number of fused-ring (bicyclic) bond motifs is 1. The lowest BCUT2D eigenvalue weighted by Crippen LogP contribution is -2.30. The van der Waals surface area contributed by atoms with Crippen molar-refractivity contribution >= 4 is 16.9 Å². The third-order valence-electron chi connectivity index (χ3n) is 5.77. The highest BCUT2D eigenvalue weighted by Crippen LogP contribution is 2.31. The molecule has 2 heterocycles. The number of methoxy groups -OCH3 is 1. The number of amides is 1. The van der Waals surface area contributed by atoms with Gasteiger partial charge in [0.2, 0.25) is 5.91 Å². The summed E-state index contributed by atoms with van der Waals surface area (Å²) in [6.07, 6.45) is 1.76. The van der Waals surface area contributed by atoms with E-state index in [1.54, 1.807) is 18.0 Å². The molecular formula is C26H28N4O2. The molecule has 0 saturated heterocycles. The Balaban J connectivity index is 1.59. The Labute approximate surface area is 188 Å². The molecule has 0 fully saturated rings. The molecule has 1 atom stereocenters. The SMILES string of the molecule is COc1ccc(-c2ccnc3c2c(C)nn3CC(=O)NC(C)c2ccc(C)cc2C)cc1. The number of carbonyl (C=O) groups is 1. The van der Waals surface area contributed by atoms with E-state index in [1.165, 1.54) is 11.1 Å². The van der Waals surface area contributed by atoms with Crippen LogP contribution in [-0.2, 0) is 11.3 Å². The molecule has 1 unspecified atom stereocenters. The molecule has 1 N–H and O–H groups in total. The van der Waals surface area contributed by atoms with E-state index < -0.39 is 0 Å². The van der Waals surface area contributed by atoms with Crippen molar-refractivity contribution in [2.75, 3.05) is 7.11 Å². The molecule has 0 aliphatic rings. The average molecular weight is 429 g/mol. The zero-order valence-electron chi connectivity index (χ0n) is 19.1. The van der Waals surface area contributed by atoms with E-state index in [1.807, 2.05) is 44.2 Å². The van der Waals surface area contributed by atoms with E-state index in [9.17, 15) is 4.79 Å². The Morgan fingerprint density at radius 3 is 2.53 bits per heavy atom. The number of pyridine rings is 1. The van der Waals surface area contributed by atoms with Crippen LogP contribution < -0.4 is 10.1 Å². The number of benzene rings is 2. The van der Waals surface area contributed by atoms with Gasteiger partial charge in [0.05, 0.1) is 18.8 Å².